The van der Waals surface area contributed by atoms with Crippen LogP contribution in [-0.4, -0.2) is 146 Å². The van der Waals surface area contributed by atoms with Crippen molar-refractivity contribution in [3.8, 4) is 5.75 Å². The number of carbonyl (C=O) groups excluding carboxylic acids is 3. The minimum Gasteiger partial charge on any atom is -0.496 e. The Labute approximate surface area is 416 Å². The van der Waals surface area contributed by atoms with E-state index in [0.717, 1.165) is 44.6 Å². The first-order chi connectivity index (χ1) is 34.5. The van der Waals surface area contributed by atoms with E-state index in [-0.39, 0.29) is 12.3 Å². The number of methoxy groups -OCH3 is 1. The number of likely N-dealkylation sites (N-methyl/N-ethyl adjacent to an activating group) is 1. The number of benzene rings is 2. The van der Waals surface area contributed by atoms with Crippen molar-refractivity contribution in [1.29, 1.82) is 0 Å². The van der Waals surface area contributed by atoms with Crippen molar-refractivity contribution < 1.29 is 43.9 Å². The van der Waals surface area contributed by atoms with E-state index < -0.39 is 81.3 Å². The lowest BCUT2D eigenvalue weighted by Gasteiger charge is -2.63. The Bertz CT molecular complexity index is 2990. The third kappa shape index (κ3) is 7.35. The molecule has 2 aromatic heterocycles. The number of nitrogens with zero attached hydrogens (tertiary/aromatic N) is 5. The van der Waals surface area contributed by atoms with Gasteiger partial charge in [0.25, 0.3) is 11.5 Å². The largest absolute Gasteiger partial charge is 0.496 e. The second kappa shape index (κ2) is 18.2. The number of aromatic nitrogens is 3. The fraction of sp³-hybridized carbons (Fsp3) is 0.547. The molecular weight excluding hydrogens is 925 g/mol. The Morgan fingerprint density at radius 1 is 1.03 bits per heavy atom. The molecule has 5 aliphatic heterocycles. The van der Waals surface area contributed by atoms with Crippen LogP contribution in [0.25, 0.3) is 10.9 Å². The number of esters is 1. The highest BCUT2D eigenvalue weighted by Gasteiger charge is 2.79. The van der Waals surface area contributed by atoms with Crippen LogP contribution in [0.5, 0.6) is 5.75 Å². The number of piperidine rings is 1. The molecular formula is C53H66N8O11. The van der Waals surface area contributed by atoms with Crippen molar-refractivity contribution in [3.05, 3.63) is 104 Å². The lowest BCUT2D eigenvalue weighted by molar-refractivity contribution is -0.203. The van der Waals surface area contributed by atoms with Crippen LogP contribution >= 0.6 is 0 Å². The maximum Gasteiger partial charge on any atom is 0.330 e. The average molecular weight is 991 g/mol. The first-order valence-electron chi connectivity index (χ1n) is 25.3. The Hall–Kier alpha value is -5.96. The number of aromatic amines is 2. The first kappa shape index (κ1) is 49.6. The van der Waals surface area contributed by atoms with Gasteiger partial charge >= 0.3 is 11.7 Å². The van der Waals surface area contributed by atoms with E-state index in [9.17, 15) is 34.5 Å². The van der Waals surface area contributed by atoms with Gasteiger partial charge in [-0.1, -0.05) is 51.1 Å². The number of fused-ring (bicyclic) bond motifs is 6. The molecule has 19 heteroatoms. The first-order valence-corrected chi connectivity index (χ1v) is 25.3. The monoisotopic (exact) mass is 990 g/mol. The van der Waals surface area contributed by atoms with Crippen LogP contribution in [0.4, 0.5) is 5.69 Å². The number of anilines is 1. The van der Waals surface area contributed by atoms with E-state index in [1.54, 1.807) is 21.1 Å². The summed E-state index contributed by atoms with van der Waals surface area (Å²) >= 11 is 0. The summed E-state index contributed by atoms with van der Waals surface area (Å²) in [4.78, 5) is 78.4. The molecule has 1 saturated carbocycles. The summed E-state index contributed by atoms with van der Waals surface area (Å²) in [5.74, 6) is -1.27. The van der Waals surface area contributed by atoms with Crippen LogP contribution in [0, 0.1) is 11.3 Å². The molecule has 72 heavy (non-hydrogen) atoms. The molecule has 1 aliphatic carbocycles. The Balaban J connectivity index is 1.16. The molecule has 0 radical (unpaired) electrons. The van der Waals surface area contributed by atoms with Gasteiger partial charge in [0.2, 0.25) is 0 Å². The van der Waals surface area contributed by atoms with Crippen LogP contribution in [0.15, 0.2) is 75.5 Å². The predicted octanol–water partition coefficient (Wildman–Crippen LogP) is 2.74. The lowest BCUT2D eigenvalue weighted by atomic mass is 9.47. The smallest absolute Gasteiger partial charge is 0.330 e. The average Bonchev–Trinajstić information content (AvgIpc) is 4.03. The van der Waals surface area contributed by atoms with E-state index in [4.69, 9.17) is 14.2 Å². The van der Waals surface area contributed by atoms with Gasteiger partial charge < -0.3 is 44.2 Å². The van der Waals surface area contributed by atoms with Gasteiger partial charge in [0, 0.05) is 104 Å². The van der Waals surface area contributed by atoms with Gasteiger partial charge in [-0.15, -0.1) is 0 Å². The highest BCUT2D eigenvalue weighted by Crippen LogP contribution is 2.67. The molecule has 6 aliphatic rings. The highest BCUT2D eigenvalue weighted by atomic mass is 16.6. The molecule has 2 bridgehead atoms. The quantitative estimate of drug-likeness (QED) is 0.0371. The standard InChI is InChI=1S/C53H66N8O11/c1-7-33(29-62)71-42(61-21-16-41(64)56-48(61)67)27-54-57-47(66)53(69)45-51(18-22-60-19-12-17-50(9-3,44(51)60)46(53)65)36-23-37(40(70-6)24-39(36)58(45)5)52(72-31(4)63)26-32-25-49(68,8-2)30-59(28-32)20-15-35-34-13-10-11-14-38(34)55-43(35)52/h10-14,16-17,21,23-24,27,29,32-33,42,44-46,55,65,68-69H,7-9,15,18-20,22,25-26,28,30H2,1-6H3,(H,57,66)(H,56,64,67)/b54-27+/t32-,33-,42+,44?,45?,46+,49-,50+,51?,52-,53-/m0/s1. The minimum absolute atomic E-state index is 0.136. The summed E-state index contributed by atoms with van der Waals surface area (Å²) in [5.41, 5.74) is -1.66. The van der Waals surface area contributed by atoms with Gasteiger partial charge in [0.05, 0.1) is 30.7 Å². The van der Waals surface area contributed by atoms with Crippen molar-refractivity contribution in [2.75, 3.05) is 51.8 Å². The fourth-order valence-corrected chi connectivity index (χ4v) is 14.3. The zero-order chi connectivity index (χ0) is 51.1. The highest BCUT2D eigenvalue weighted by molar-refractivity contribution is 5.91. The van der Waals surface area contributed by atoms with Gasteiger partial charge in [0.1, 0.15) is 24.2 Å². The van der Waals surface area contributed by atoms with Crippen molar-refractivity contribution in [2.24, 2.45) is 16.4 Å². The van der Waals surface area contributed by atoms with Gasteiger partial charge in [-0.25, -0.2) is 10.2 Å². The van der Waals surface area contributed by atoms with Crippen molar-refractivity contribution in [3.63, 3.8) is 0 Å². The molecule has 1 amide bonds. The number of amides is 1. The maximum atomic E-state index is 15.2. The summed E-state index contributed by atoms with van der Waals surface area (Å²) in [6, 6.07) is 11.6. The van der Waals surface area contributed by atoms with Crippen LogP contribution < -0.4 is 26.3 Å². The predicted molar refractivity (Wildman–Crippen MR) is 267 cm³/mol. The molecule has 1 spiro atoms. The number of nitrogens with one attached hydrogen (secondary N) is 3. The number of hydrogen-bond donors (Lipinski definition) is 6. The summed E-state index contributed by atoms with van der Waals surface area (Å²) in [5, 5.41) is 43.8. The van der Waals surface area contributed by atoms with Crippen LogP contribution in [-0.2, 0) is 41.3 Å². The number of aliphatic hydroxyl groups excluding tert-OH is 1. The Kier molecular flexibility index (Phi) is 12.5. The van der Waals surface area contributed by atoms with Crippen molar-refractivity contribution in [1.82, 2.24) is 29.8 Å². The minimum atomic E-state index is -2.57. The number of rotatable bonds is 13. The number of H-pyrrole nitrogens is 2. The van der Waals surface area contributed by atoms with E-state index in [1.165, 1.54) is 13.1 Å². The molecule has 12 atom stereocenters. The fourth-order valence-electron chi connectivity index (χ4n) is 14.3. The van der Waals surface area contributed by atoms with Crippen molar-refractivity contribution in [2.45, 2.75) is 125 Å². The topological polar surface area (TPSA) is 244 Å². The molecule has 3 fully saturated rings. The zero-order valence-corrected chi connectivity index (χ0v) is 41.7. The number of hydrazone groups is 1. The van der Waals surface area contributed by atoms with E-state index in [1.807, 2.05) is 55.2 Å². The van der Waals surface area contributed by atoms with Crippen LogP contribution in [0.2, 0.25) is 0 Å². The molecule has 384 valence electrons. The van der Waals surface area contributed by atoms with Gasteiger partial charge in [0.15, 0.2) is 17.4 Å². The number of hydrogen-bond acceptors (Lipinski definition) is 15. The number of aldehydes is 1. The van der Waals surface area contributed by atoms with Gasteiger partial charge in [-0.2, -0.15) is 5.10 Å². The molecule has 4 aromatic rings. The second-order valence-electron chi connectivity index (χ2n) is 21.0. The number of para-hydroxylation sites is 1. The molecule has 6 N–H and O–H groups in total. The van der Waals surface area contributed by atoms with Crippen molar-refractivity contribution >= 4 is 41.0 Å². The normalized spacial score (nSPS) is 33.5. The third-order valence-electron chi connectivity index (χ3n) is 17.3. The second-order valence-corrected chi connectivity index (χ2v) is 21.0. The van der Waals surface area contributed by atoms with E-state index in [0.29, 0.717) is 94.5 Å². The van der Waals surface area contributed by atoms with Gasteiger partial charge in [-0.3, -0.25) is 33.7 Å². The van der Waals surface area contributed by atoms with E-state index >= 15 is 4.79 Å². The van der Waals surface area contributed by atoms with Crippen LogP contribution in [0.1, 0.15) is 94.8 Å². The number of carbonyl (C=O) groups is 3. The summed E-state index contributed by atoms with van der Waals surface area (Å²) in [6.07, 6.45) is 5.69. The summed E-state index contributed by atoms with van der Waals surface area (Å²) < 4.78 is 20.2. The molecule has 2 saturated heterocycles. The number of aliphatic hydroxyl groups is 3. The molecule has 19 nitrogen and oxygen atoms in total. The Morgan fingerprint density at radius 2 is 1.82 bits per heavy atom. The maximum absolute atomic E-state index is 15.2. The molecule has 4 unspecified atom stereocenters. The Morgan fingerprint density at radius 3 is 2.53 bits per heavy atom. The lowest BCUT2D eigenvalue weighted by Crippen LogP contribution is -2.81. The zero-order valence-electron chi connectivity index (χ0n) is 41.7. The van der Waals surface area contributed by atoms with Crippen LogP contribution in [0.3, 0.4) is 0 Å². The summed E-state index contributed by atoms with van der Waals surface area (Å²) in [7, 11) is 3.36. The SMILES string of the molecule is CC[C@@H](C=O)O[C@H](/C=N/NC(=O)[C@]1(O)C2N(C)c3cc(OC)c([C@@]4(OC(C)=O)C[C@H]5CN(CCc6c4[nH]c4ccccc64)C[C@](O)(CC)C5)cc3C23CCN2CC=C[C@](CC)(C23)[C@H]1O)n1ccc(=O)[nH]c1=O. The number of ether oxygens (including phenoxy) is 3. The third-order valence-corrected chi connectivity index (χ3v) is 17.3. The van der Waals surface area contributed by atoms with E-state index in [2.05, 4.69) is 42.4 Å². The molecule has 2 aromatic carbocycles. The summed E-state index contributed by atoms with van der Waals surface area (Å²) in [6.45, 7) is 10.1. The molecule has 7 heterocycles. The van der Waals surface area contributed by atoms with Gasteiger partial charge in [-0.05, 0) is 74.2 Å². The molecule has 10 rings (SSSR count).